The highest BCUT2D eigenvalue weighted by molar-refractivity contribution is 7.48. The van der Waals surface area contributed by atoms with E-state index >= 15 is 4.39 Å². The van der Waals surface area contributed by atoms with Gasteiger partial charge in [0.15, 0.2) is 5.43 Å². The Kier molecular flexibility index (Phi) is 9.58. The maximum Gasteiger partial charge on any atom is 0.477 e. The van der Waals surface area contributed by atoms with Gasteiger partial charge >= 0.3 is 7.82 Å². The highest BCUT2D eigenvalue weighted by Crippen LogP contribution is 2.55. The van der Waals surface area contributed by atoms with E-state index in [-0.39, 0.29) is 23.7 Å². The van der Waals surface area contributed by atoms with Gasteiger partial charge in [-0.1, -0.05) is 31.4 Å². The first kappa shape index (κ1) is 32.2. The summed E-state index contributed by atoms with van der Waals surface area (Å²) in [5, 5.41) is -0.0598. The Balaban J connectivity index is 1.91. The summed E-state index contributed by atoms with van der Waals surface area (Å²) in [4.78, 5) is 16.1. The van der Waals surface area contributed by atoms with Crippen molar-refractivity contribution in [3.8, 4) is 16.9 Å². The van der Waals surface area contributed by atoms with Gasteiger partial charge in [-0.05, 0) is 84.2 Å². The fraction of sp³-hybridized carbons (Fsp3) is 0.531. The molecule has 1 aliphatic carbocycles. The summed E-state index contributed by atoms with van der Waals surface area (Å²) in [7, 11) is -0.575. The van der Waals surface area contributed by atoms with Crippen LogP contribution in [0, 0.1) is 5.82 Å². The predicted molar refractivity (Wildman–Crippen MR) is 166 cm³/mol. The molecule has 0 N–H and O–H groups in total. The molecule has 0 saturated heterocycles. The number of fused-ring (bicyclic) bond motifs is 1. The van der Waals surface area contributed by atoms with Gasteiger partial charge in [0.05, 0.1) is 34.9 Å². The maximum absolute atomic E-state index is 15.6. The number of phosphoric ester groups is 1. The van der Waals surface area contributed by atoms with E-state index in [1.54, 1.807) is 89.7 Å². The zero-order valence-electron chi connectivity index (χ0n) is 26.0. The third kappa shape index (κ3) is 7.62. The Hall–Kier alpha value is -2.71. The lowest BCUT2D eigenvalue weighted by Gasteiger charge is -2.34. The monoisotopic (exact) mass is 602 g/mol. The van der Waals surface area contributed by atoms with Crippen LogP contribution in [0.1, 0.15) is 73.6 Å². The number of pyridine rings is 1. The minimum absolute atomic E-state index is 0.0598. The highest BCUT2D eigenvalue weighted by atomic mass is 31.2. The molecule has 0 radical (unpaired) electrons. The van der Waals surface area contributed by atoms with Crippen molar-refractivity contribution in [2.45, 2.75) is 97.6 Å². The molecule has 0 unspecified atom stereocenters. The van der Waals surface area contributed by atoms with Gasteiger partial charge in [-0.2, -0.15) is 0 Å². The van der Waals surface area contributed by atoms with Crippen LogP contribution in [-0.2, 0) is 24.9 Å². The van der Waals surface area contributed by atoms with Crippen LogP contribution in [0.5, 0.6) is 5.75 Å². The van der Waals surface area contributed by atoms with Crippen LogP contribution in [-0.4, -0.2) is 36.0 Å². The highest BCUT2D eigenvalue weighted by Gasteiger charge is 2.37. The molecule has 0 atom stereocenters. The summed E-state index contributed by atoms with van der Waals surface area (Å²) in [6.45, 7) is 10.3. The molecule has 4 rings (SSSR count). The largest absolute Gasteiger partial charge is 0.497 e. The third-order valence-corrected chi connectivity index (χ3v) is 9.15. The minimum Gasteiger partial charge on any atom is -0.497 e. The molecule has 2 aromatic carbocycles. The summed E-state index contributed by atoms with van der Waals surface area (Å²) in [6, 6.07) is 10.3. The number of methoxy groups -OCH3 is 1. The molecule has 1 fully saturated rings. The molecule has 1 aromatic heterocycles. The summed E-state index contributed by atoms with van der Waals surface area (Å²) >= 11 is 0. The lowest BCUT2D eigenvalue weighted by atomic mass is 9.94. The van der Waals surface area contributed by atoms with E-state index in [9.17, 15) is 9.36 Å². The maximum atomic E-state index is 15.6. The number of rotatable bonds is 9. The number of hydrogen-bond donors (Lipinski definition) is 0. The summed E-state index contributed by atoms with van der Waals surface area (Å²) in [6.07, 6.45) is 7.06. The van der Waals surface area contributed by atoms with Crippen LogP contribution >= 0.6 is 7.82 Å². The third-order valence-electron chi connectivity index (χ3n) is 7.18. The zero-order chi connectivity index (χ0) is 30.9. The molecule has 8 nitrogen and oxygen atoms in total. The molecular formula is C32H44FN2O6P. The fourth-order valence-electron chi connectivity index (χ4n) is 5.38. The second-order valence-corrected chi connectivity index (χ2v) is 14.4. The van der Waals surface area contributed by atoms with Crippen molar-refractivity contribution in [1.29, 1.82) is 0 Å². The van der Waals surface area contributed by atoms with Crippen LogP contribution in [0.3, 0.4) is 0 Å². The lowest BCUT2D eigenvalue weighted by molar-refractivity contribution is -0.00568. The van der Waals surface area contributed by atoms with Crippen molar-refractivity contribution in [3.05, 3.63) is 58.6 Å². The number of phosphoric acid groups is 1. The van der Waals surface area contributed by atoms with Crippen LogP contribution < -0.4 is 15.1 Å². The van der Waals surface area contributed by atoms with E-state index in [2.05, 4.69) is 4.90 Å². The Morgan fingerprint density at radius 3 is 2.10 bits per heavy atom. The van der Waals surface area contributed by atoms with Gasteiger partial charge in [0.2, 0.25) is 0 Å². The van der Waals surface area contributed by atoms with E-state index in [0.29, 0.717) is 22.5 Å². The first-order valence-electron chi connectivity index (χ1n) is 14.5. The molecule has 42 heavy (non-hydrogen) atoms. The number of ether oxygens (including phenoxy) is 1. The molecule has 0 bridgehead atoms. The van der Waals surface area contributed by atoms with Crippen molar-refractivity contribution in [2.75, 3.05) is 19.1 Å². The van der Waals surface area contributed by atoms with Crippen LogP contribution in [0.2, 0.25) is 0 Å². The fourth-order valence-corrected chi connectivity index (χ4v) is 7.13. The van der Waals surface area contributed by atoms with Crippen molar-refractivity contribution in [2.24, 2.45) is 0 Å². The number of aromatic nitrogens is 1. The topological polar surface area (TPSA) is 79.2 Å². The Bertz CT molecular complexity index is 1480. The molecule has 0 aliphatic heterocycles. The molecule has 1 aliphatic rings. The lowest BCUT2D eigenvalue weighted by Crippen LogP contribution is -2.34. The molecule has 3 aromatic rings. The average Bonchev–Trinajstić information content (AvgIpc) is 2.91. The molecule has 1 saturated carbocycles. The second-order valence-electron chi connectivity index (χ2n) is 12.9. The van der Waals surface area contributed by atoms with Gasteiger partial charge in [-0.15, -0.1) is 0 Å². The van der Waals surface area contributed by atoms with Crippen molar-refractivity contribution in [1.82, 2.24) is 4.57 Å². The summed E-state index contributed by atoms with van der Waals surface area (Å²) < 4.78 is 54.1. The number of nitrogens with zero attached hydrogens (tertiary/aromatic N) is 2. The average molecular weight is 603 g/mol. The first-order valence-corrected chi connectivity index (χ1v) is 16.0. The predicted octanol–water partition coefficient (Wildman–Crippen LogP) is 8.30. The number of hydrogen-bond acceptors (Lipinski definition) is 7. The quantitative estimate of drug-likeness (QED) is 0.228. The van der Waals surface area contributed by atoms with E-state index in [1.807, 2.05) is 7.05 Å². The van der Waals surface area contributed by atoms with E-state index < -0.39 is 30.3 Å². The Morgan fingerprint density at radius 2 is 1.55 bits per heavy atom. The molecule has 1 heterocycles. The van der Waals surface area contributed by atoms with Gasteiger partial charge < -0.3 is 14.2 Å². The van der Waals surface area contributed by atoms with Crippen LogP contribution in [0.4, 0.5) is 10.1 Å². The first-order chi connectivity index (χ1) is 19.6. The second kappa shape index (κ2) is 12.5. The molecule has 10 heteroatoms. The zero-order valence-corrected chi connectivity index (χ0v) is 26.9. The van der Waals surface area contributed by atoms with E-state index in [4.69, 9.17) is 18.3 Å². The van der Waals surface area contributed by atoms with Crippen LogP contribution in [0.15, 0.2) is 47.4 Å². The molecule has 230 valence electrons. The number of benzene rings is 2. The van der Waals surface area contributed by atoms with E-state index in [1.165, 1.54) is 12.5 Å². The normalized spacial score (nSPS) is 15.3. The van der Waals surface area contributed by atoms with Gasteiger partial charge in [-0.3, -0.25) is 18.4 Å². The van der Waals surface area contributed by atoms with Gasteiger partial charge in [0.1, 0.15) is 18.3 Å². The van der Waals surface area contributed by atoms with Gasteiger partial charge in [-0.25, -0.2) is 8.96 Å². The molecular weight excluding hydrogens is 558 g/mol. The molecule has 0 amide bonds. The minimum atomic E-state index is -4.12. The number of halogens is 1. The molecule has 0 spiro atoms. The van der Waals surface area contributed by atoms with Gasteiger partial charge in [0, 0.05) is 24.8 Å². The van der Waals surface area contributed by atoms with E-state index in [0.717, 1.165) is 25.7 Å². The van der Waals surface area contributed by atoms with Crippen molar-refractivity contribution >= 4 is 24.4 Å². The van der Waals surface area contributed by atoms with Gasteiger partial charge in [0.25, 0.3) is 0 Å². The van der Waals surface area contributed by atoms with Crippen LogP contribution in [0.25, 0.3) is 22.0 Å². The number of anilines is 1. The smallest absolute Gasteiger partial charge is 0.477 e. The Labute approximate surface area is 248 Å². The van der Waals surface area contributed by atoms with Crippen molar-refractivity contribution in [3.63, 3.8) is 0 Å². The Morgan fingerprint density at radius 1 is 0.952 bits per heavy atom. The van der Waals surface area contributed by atoms with Crippen molar-refractivity contribution < 1.29 is 27.3 Å². The SMILES string of the molecule is COc1ccc(-c2cn(COP(=O)(OC(C)(C)C)OC(C)(C)C)c3c(N(C)C4CCCCC4)ccc(F)c3c2=O)cc1. The summed E-state index contributed by atoms with van der Waals surface area (Å²) in [5.74, 6) is -0.00894. The standard InChI is InChI=1S/C32H44FN2O6P/c1-31(2,3)40-42(37,41-32(4,5)6)39-21-35-20-25(22-14-16-24(38-8)17-15-22)30(36)28-26(33)18-19-27(29(28)35)34(7)23-12-10-9-11-13-23/h14-20,23H,9-13,21H2,1-8H3. The summed E-state index contributed by atoms with van der Waals surface area (Å²) in [5.41, 5.74) is -0.191.